The molecule has 0 unspecified atom stereocenters. The molecule has 0 fully saturated rings. The second-order valence-electron chi connectivity index (χ2n) is 4.12. The van der Waals surface area contributed by atoms with E-state index in [-0.39, 0.29) is 41.7 Å². The highest BCUT2D eigenvalue weighted by Crippen LogP contribution is 2.31. The molecule has 17 heavy (non-hydrogen) atoms. The van der Waals surface area contributed by atoms with Crippen LogP contribution in [0.1, 0.15) is 17.2 Å². The molecule has 1 aliphatic rings. The number of halogens is 4. The summed E-state index contributed by atoms with van der Waals surface area (Å²) in [6.45, 7) is 1.44. The molecule has 0 aromatic heterocycles. The van der Waals surface area contributed by atoms with Crippen molar-refractivity contribution in [1.82, 2.24) is 10.2 Å². The van der Waals surface area contributed by atoms with Gasteiger partial charge >= 0.3 is 0 Å². The molecule has 0 saturated heterocycles. The van der Waals surface area contributed by atoms with Crippen LogP contribution in [-0.4, -0.2) is 25.5 Å². The molecule has 2 nitrogen and oxygen atoms in total. The Balaban J connectivity index is 0.00000128. The first-order valence-corrected chi connectivity index (χ1v) is 5.32. The number of hydrogen-bond acceptors (Lipinski definition) is 2. The van der Waals surface area contributed by atoms with E-state index in [0.29, 0.717) is 12.1 Å². The third-order valence-corrected chi connectivity index (χ3v) is 2.97. The quantitative estimate of drug-likeness (QED) is 0.903. The van der Waals surface area contributed by atoms with Gasteiger partial charge in [0.25, 0.3) is 0 Å². The van der Waals surface area contributed by atoms with Crippen LogP contribution in [0.2, 0.25) is 5.02 Å². The van der Waals surface area contributed by atoms with Gasteiger partial charge in [0.1, 0.15) is 5.82 Å². The summed E-state index contributed by atoms with van der Waals surface area (Å²) in [5, 5.41) is 3.49. The molecule has 0 aliphatic carbocycles. The number of hydrogen-bond donors (Lipinski definition) is 1. The van der Waals surface area contributed by atoms with Crippen LogP contribution in [0.4, 0.5) is 4.39 Å². The van der Waals surface area contributed by atoms with Gasteiger partial charge in [-0.3, -0.25) is 0 Å². The Kier molecular flexibility index (Phi) is 6.74. The number of fused-ring (bicyclic) bond motifs is 1. The van der Waals surface area contributed by atoms with Gasteiger partial charge in [-0.2, -0.15) is 0 Å². The minimum atomic E-state index is -0.275. The van der Waals surface area contributed by atoms with Crippen LogP contribution in [0, 0.1) is 5.82 Å². The molecule has 98 valence electrons. The van der Waals surface area contributed by atoms with E-state index in [9.17, 15) is 4.39 Å². The van der Waals surface area contributed by atoms with Crippen molar-refractivity contribution in [2.45, 2.75) is 12.6 Å². The van der Waals surface area contributed by atoms with Crippen LogP contribution in [0.3, 0.4) is 0 Å². The number of likely N-dealkylation sites (N-methyl/N-ethyl adjacent to an activating group) is 1. The number of benzene rings is 1. The minimum absolute atomic E-state index is 0. The monoisotopic (exact) mass is 300 g/mol. The zero-order chi connectivity index (χ0) is 11.0. The summed E-state index contributed by atoms with van der Waals surface area (Å²) in [4.78, 5) is 2.08. The van der Waals surface area contributed by atoms with Crippen LogP contribution in [0.15, 0.2) is 12.1 Å². The second kappa shape index (κ2) is 6.76. The molecule has 0 bridgehead atoms. The summed E-state index contributed by atoms with van der Waals surface area (Å²) in [7, 11) is 4.01. The van der Waals surface area contributed by atoms with Crippen LogP contribution < -0.4 is 5.32 Å². The fourth-order valence-corrected chi connectivity index (χ4v) is 2.15. The lowest BCUT2D eigenvalue weighted by Gasteiger charge is -2.17. The minimum Gasteiger partial charge on any atom is -0.308 e. The predicted molar refractivity (Wildman–Crippen MR) is 74.0 cm³/mol. The molecule has 0 spiro atoms. The largest absolute Gasteiger partial charge is 0.308 e. The van der Waals surface area contributed by atoms with E-state index < -0.39 is 0 Å². The van der Waals surface area contributed by atoms with E-state index in [0.717, 1.165) is 12.1 Å². The first kappa shape index (κ1) is 16.9. The van der Waals surface area contributed by atoms with Gasteiger partial charge in [0.05, 0.1) is 5.02 Å². The molecule has 0 amide bonds. The smallest absolute Gasteiger partial charge is 0.146 e. The van der Waals surface area contributed by atoms with Crippen LogP contribution in [0.5, 0.6) is 0 Å². The van der Waals surface area contributed by atoms with E-state index in [1.54, 1.807) is 6.07 Å². The Morgan fingerprint density at radius 2 is 2.06 bits per heavy atom. The summed E-state index contributed by atoms with van der Waals surface area (Å²) >= 11 is 5.73. The summed E-state index contributed by atoms with van der Waals surface area (Å²) in [5.74, 6) is -0.275. The van der Waals surface area contributed by atoms with Crippen molar-refractivity contribution < 1.29 is 4.39 Å². The molecule has 0 radical (unpaired) electrons. The summed E-state index contributed by atoms with van der Waals surface area (Å²) in [6, 6.07) is 3.75. The Morgan fingerprint density at radius 3 is 2.65 bits per heavy atom. The Bertz CT molecular complexity index is 385. The van der Waals surface area contributed by atoms with Crippen LogP contribution in [0.25, 0.3) is 0 Å². The van der Waals surface area contributed by atoms with Gasteiger partial charge in [0, 0.05) is 24.7 Å². The average Bonchev–Trinajstić information content (AvgIpc) is 2.55. The van der Waals surface area contributed by atoms with Crippen LogP contribution >= 0.6 is 36.4 Å². The molecular weight excluding hydrogens is 285 g/mol. The number of nitrogens with one attached hydrogen (secondary N) is 1. The second-order valence-corrected chi connectivity index (χ2v) is 4.53. The van der Waals surface area contributed by atoms with Crippen molar-refractivity contribution in [3.63, 3.8) is 0 Å². The lowest BCUT2D eigenvalue weighted by atomic mass is 10.0. The van der Waals surface area contributed by atoms with E-state index >= 15 is 0 Å². The van der Waals surface area contributed by atoms with Gasteiger partial charge in [-0.05, 0) is 25.7 Å². The molecule has 1 aromatic carbocycles. The van der Waals surface area contributed by atoms with Gasteiger partial charge in [0.2, 0.25) is 0 Å². The highest BCUT2D eigenvalue weighted by atomic mass is 35.5. The SMILES string of the molecule is CN(C)C[C@@H]1NCc2c1ccc(Cl)c2F.Cl.Cl. The molecular formula is C11H16Cl3FN2. The lowest BCUT2D eigenvalue weighted by molar-refractivity contribution is 0.353. The van der Waals surface area contributed by atoms with Gasteiger partial charge in [-0.25, -0.2) is 4.39 Å². The third-order valence-electron chi connectivity index (χ3n) is 2.68. The Labute approximate surface area is 118 Å². The van der Waals surface area contributed by atoms with Crippen molar-refractivity contribution in [3.05, 3.63) is 34.1 Å². The fourth-order valence-electron chi connectivity index (χ4n) is 1.98. The lowest BCUT2D eigenvalue weighted by Crippen LogP contribution is -2.26. The standard InChI is InChI=1S/C11H14ClFN2.2ClH/c1-15(2)6-10-7-3-4-9(12)11(13)8(7)5-14-10;;/h3-4,10,14H,5-6H2,1-2H3;2*1H/t10-;;/m0../s1. The summed E-state index contributed by atoms with van der Waals surface area (Å²) in [6.07, 6.45) is 0. The van der Waals surface area contributed by atoms with Gasteiger partial charge in [-0.1, -0.05) is 17.7 Å². The maximum absolute atomic E-state index is 13.6. The summed E-state index contributed by atoms with van der Waals surface area (Å²) in [5.41, 5.74) is 1.75. The Hall–Kier alpha value is -0.0600. The summed E-state index contributed by atoms with van der Waals surface area (Å²) < 4.78 is 13.6. The molecule has 2 rings (SSSR count). The molecule has 1 N–H and O–H groups in total. The maximum Gasteiger partial charge on any atom is 0.146 e. The van der Waals surface area contributed by atoms with Crippen molar-refractivity contribution in [2.75, 3.05) is 20.6 Å². The van der Waals surface area contributed by atoms with Crippen molar-refractivity contribution in [3.8, 4) is 0 Å². The molecule has 1 aromatic rings. The fraction of sp³-hybridized carbons (Fsp3) is 0.455. The van der Waals surface area contributed by atoms with E-state index in [4.69, 9.17) is 11.6 Å². The maximum atomic E-state index is 13.6. The zero-order valence-corrected chi connectivity index (χ0v) is 12.1. The van der Waals surface area contributed by atoms with Gasteiger partial charge in [-0.15, -0.1) is 24.8 Å². The van der Waals surface area contributed by atoms with Crippen molar-refractivity contribution in [2.24, 2.45) is 0 Å². The molecule has 1 aliphatic heterocycles. The van der Waals surface area contributed by atoms with E-state index in [1.807, 2.05) is 20.2 Å². The number of nitrogens with zero attached hydrogens (tertiary/aromatic N) is 1. The molecule has 6 heteroatoms. The average molecular weight is 302 g/mol. The first-order valence-electron chi connectivity index (χ1n) is 4.94. The number of rotatable bonds is 2. The molecule has 0 saturated carbocycles. The zero-order valence-electron chi connectivity index (χ0n) is 9.67. The van der Waals surface area contributed by atoms with Crippen molar-refractivity contribution in [1.29, 1.82) is 0 Å². The van der Waals surface area contributed by atoms with Gasteiger partial charge < -0.3 is 10.2 Å². The topological polar surface area (TPSA) is 15.3 Å². The third kappa shape index (κ3) is 3.46. The molecule has 1 atom stereocenters. The van der Waals surface area contributed by atoms with E-state index in [2.05, 4.69) is 10.2 Å². The van der Waals surface area contributed by atoms with Crippen LogP contribution in [-0.2, 0) is 6.54 Å². The van der Waals surface area contributed by atoms with Gasteiger partial charge in [0.15, 0.2) is 0 Å². The Morgan fingerprint density at radius 1 is 1.41 bits per heavy atom. The normalized spacial score (nSPS) is 17.4. The predicted octanol–water partition coefficient (Wildman–Crippen LogP) is 3.03. The van der Waals surface area contributed by atoms with Crippen molar-refractivity contribution >= 4 is 36.4 Å². The first-order chi connectivity index (χ1) is 7.09. The highest BCUT2D eigenvalue weighted by molar-refractivity contribution is 6.30. The molecule has 1 heterocycles. The van der Waals surface area contributed by atoms with E-state index in [1.165, 1.54) is 0 Å². The highest BCUT2D eigenvalue weighted by Gasteiger charge is 2.25.